The van der Waals surface area contributed by atoms with Crippen molar-refractivity contribution in [1.29, 1.82) is 0 Å². The van der Waals surface area contributed by atoms with Crippen molar-refractivity contribution in [2.75, 3.05) is 19.5 Å². The van der Waals surface area contributed by atoms with Gasteiger partial charge in [-0.1, -0.05) is 17.7 Å². The van der Waals surface area contributed by atoms with E-state index in [4.69, 9.17) is 9.47 Å². The number of nitrogens with zero attached hydrogens (tertiary/aromatic N) is 3. The average Bonchev–Trinajstić information content (AvgIpc) is 3.36. The fourth-order valence-electron chi connectivity index (χ4n) is 4.29. The minimum Gasteiger partial charge on any atom is -0.496 e. The Balaban J connectivity index is 1.41. The van der Waals surface area contributed by atoms with E-state index >= 15 is 0 Å². The maximum absolute atomic E-state index is 13.3. The number of Topliss-reactive ketones (excluding diaryl/α,β-unsaturated/α-hetero) is 1. The smallest absolute Gasteiger partial charge is 0.296 e. The molecule has 0 bridgehead atoms. The van der Waals surface area contributed by atoms with Gasteiger partial charge in [-0.05, 0) is 67.9 Å². The van der Waals surface area contributed by atoms with E-state index in [2.05, 4.69) is 15.4 Å². The zero-order chi connectivity index (χ0) is 28.4. The summed E-state index contributed by atoms with van der Waals surface area (Å²) in [5, 5.41) is 9.19. The van der Waals surface area contributed by atoms with Crippen LogP contribution in [0.3, 0.4) is 0 Å². The van der Waals surface area contributed by atoms with Crippen LogP contribution in [-0.2, 0) is 6.42 Å². The third-order valence-electron chi connectivity index (χ3n) is 6.44. The number of amides is 1. The molecule has 202 valence electrons. The lowest BCUT2D eigenvalue weighted by Gasteiger charge is -2.11. The molecule has 1 amide bonds. The van der Waals surface area contributed by atoms with Crippen LogP contribution >= 0.6 is 11.3 Å². The predicted octanol–water partition coefficient (Wildman–Crippen LogP) is 5.13. The van der Waals surface area contributed by atoms with Gasteiger partial charge in [-0.25, -0.2) is 4.52 Å². The lowest BCUT2D eigenvalue weighted by atomic mass is 10.0. The first-order valence-corrected chi connectivity index (χ1v) is 13.3. The summed E-state index contributed by atoms with van der Waals surface area (Å²) in [6.45, 7) is 3.91. The van der Waals surface area contributed by atoms with Gasteiger partial charge in [0.05, 0.1) is 31.9 Å². The summed E-state index contributed by atoms with van der Waals surface area (Å²) in [5.41, 5.74) is 4.31. The number of hydrogen-bond donors (Lipinski definition) is 1. The van der Waals surface area contributed by atoms with Gasteiger partial charge >= 0.3 is 0 Å². The van der Waals surface area contributed by atoms with Gasteiger partial charge in [0.25, 0.3) is 11.5 Å². The number of rotatable bonds is 8. The Labute approximate surface area is 234 Å². The number of ether oxygens (including phenoxy) is 2. The van der Waals surface area contributed by atoms with Crippen LogP contribution in [0, 0.1) is 13.8 Å². The number of aryl methyl sites for hydroxylation is 2. The largest absolute Gasteiger partial charge is 0.496 e. The number of carbonyl (C=O) groups is 2. The zero-order valence-corrected chi connectivity index (χ0v) is 23.2. The Kier molecular flexibility index (Phi) is 7.43. The highest BCUT2D eigenvalue weighted by Crippen LogP contribution is 2.29. The molecule has 0 spiro atoms. The number of fused-ring (bicyclic) bond motifs is 1. The lowest BCUT2D eigenvalue weighted by molar-refractivity contribution is 0.0984. The highest BCUT2D eigenvalue weighted by Gasteiger charge is 2.20. The van der Waals surface area contributed by atoms with Crippen molar-refractivity contribution >= 4 is 33.7 Å². The normalized spacial score (nSPS) is 10.9. The van der Waals surface area contributed by atoms with E-state index in [1.807, 2.05) is 61.7 Å². The van der Waals surface area contributed by atoms with Crippen LogP contribution in [0.2, 0.25) is 0 Å². The number of carbonyl (C=O) groups excluding carboxylic acids is 2. The first-order chi connectivity index (χ1) is 19.3. The fourth-order valence-corrected chi connectivity index (χ4v) is 5.11. The van der Waals surface area contributed by atoms with Crippen LogP contribution in [0.25, 0.3) is 16.2 Å². The summed E-state index contributed by atoms with van der Waals surface area (Å²) >= 11 is 1.29. The molecule has 2 aromatic heterocycles. The third kappa shape index (κ3) is 5.34. The van der Waals surface area contributed by atoms with Crippen LogP contribution < -0.4 is 20.3 Å². The van der Waals surface area contributed by atoms with Crippen LogP contribution in [0.1, 0.15) is 37.5 Å². The monoisotopic (exact) mass is 554 g/mol. The SMILES string of the molecule is COc1ccc(-c2csc3nc(=O)c(CC(=O)c4ccc(C(=O)Nc5ccc(C)cc5)cc4OC)nn23)cc1C. The summed E-state index contributed by atoms with van der Waals surface area (Å²) in [6, 6.07) is 17.7. The van der Waals surface area contributed by atoms with Crippen molar-refractivity contribution in [3.8, 4) is 22.8 Å². The van der Waals surface area contributed by atoms with E-state index in [0.717, 1.165) is 28.1 Å². The van der Waals surface area contributed by atoms with Gasteiger partial charge in [-0.3, -0.25) is 14.4 Å². The number of anilines is 1. The van der Waals surface area contributed by atoms with E-state index in [9.17, 15) is 14.4 Å². The molecule has 0 aliphatic carbocycles. The fraction of sp³-hybridized carbons (Fsp3) is 0.167. The average molecular weight is 555 g/mol. The standard InChI is InChI=1S/C30H26N4O5S/c1-17-5-9-21(10-6-17)31-28(36)20-7-11-22(27(14-20)39-4)25(35)15-23-29(37)32-30-34(33-23)24(16-40-30)19-8-12-26(38-3)18(2)13-19/h5-14,16H,15H2,1-4H3,(H,31,36). The molecule has 1 N–H and O–H groups in total. The van der Waals surface area contributed by atoms with Crippen LogP contribution in [0.4, 0.5) is 5.69 Å². The van der Waals surface area contributed by atoms with Crippen LogP contribution in [-0.4, -0.2) is 40.5 Å². The molecular formula is C30H26N4O5S. The maximum atomic E-state index is 13.3. The number of methoxy groups -OCH3 is 2. The highest BCUT2D eigenvalue weighted by molar-refractivity contribution is 7.15. The molecule has 0 atom stereocenters. The molecule has 10 heteroatoms. The number of nitrogens with one attached hydrogen (secondary N) is 1. The van der Waals surface area contributed by atoms with Gasteiger partial charge in [0.2, 0.25) is 4.96 Å². The van der Waals surface area contributed by atoms with Crippen molar-refractivity contribution in [1.82, 2.24) is 14.6 Å². The number of benzene rings is 3. The van der Waals surface area contributed by atoms with E-state index in [1.54, 1.807) is 17.7 Å². The first kappa shape index (κ1) is 26.8. The molecule has 3 aromatic carbocycles. The minimum absolute atomic E-state index is 0.00984. The Morgan fingerprint density at radius 1 is 0.950 bits per heavy atom. The summed E-state index contributed by atoms with van der Waals surface area (Å²) in [4.78, 5) is 43.4. The first-order valence-electron chi connectivity index (χ1n) is 12.4. The van der Waals surface area contributed by atoms with E-state index in [0.29, 0.717) is 16.2 Å². The van der Waals surface area contributed by atoms with Crippen molar-refractivity contribution < 1.29 is 19.1 Å². The lowest BCUT2D eigenvalue weighted by Crippen LogP contribution is -2.21. The molecule has 0 fully saturated rings. The molecule has 0 radical (unpaired) electrons. The van der Waals surface area contributed by atoms with E-state index in [-0.39, 0.29) is 35.1 Å². The predicted molar refractivity (Wildman–Crippen MR) is 154 cm³/mol. The van der Waals surface area contributed by atoms with E-state index < -0.39 is 5.56 Å². The quantitative estimate of drug-likeness (QED) is 0.265. The summed E-state index contributed by atoms with van der Waals surface area (Å²) in [5.74, 6) is 0.265. The molecule has 0 unspecified atom stereocenters. The van der Waals surface area contributed by atoms with Gasteiger partial charge in [-0.2, -0.15) is 10.1 Å². The molecule has 9 nitrogen and oxygen atoms in total. The molecule has 0 saturated heterocycles. The van der Waals surface area contributed by atoms with Crippen molar-refractivity contribution in [2.24, 2.45) is 0 Å². The summed E-state index contributed by atoms with van der Waals surface area (Å²) < 4.78 is 12.4. The summed E-state index contributed by atoms with van der Waals surface area (Å²) in [7, 11) is 3.03. The Morgan fingerprint density at radius 2 is 1.70 bits per heavy atom. The molecular weight excluding hydrogens is 528 g/mol. The van der Waals surface area contributed by atoms with Crippen LogP contribution in [0.5, 0.6) is 11.5 Å². The molecule has 0 aliphatic heterocycles. The Morgan fingerprint density at radius 3 is 2.40 bits per heavy atom. The Hall–Kier alpha value is -4.83. The molecule has 40 heavy (non-hydrogen) atoms. The minimum atomic E-state index is -0.569. The molecule has 2 heterocycles. The topological polar surface area (TPSA) is 112 Å². The third-order valence-corrected chi connectivity index (χ3v) is 7.26. The number of hydrogen-bond acceptors (Lipinski definition) is 8. The maximum Gasteiger partial charge on any atom is 0.296 e. The van der Waals surface area contributed by atoms with Crippen molar-refractivity contribution in [3.63, 3.8) is 0 Å². The van der Waals surface area contributed by atoms with Crippen molar-refractivity contribution in [2.45, 2.75) is 20.3 Å². The molecule has 0 saturated carbocycles. The number of thiazole rings is 1. The van der Waals surface area contributed by atoms with Gasteiger partial charge in [-0.15, -0.1) is 11.3 Å². The highest BCUT2D eigenvalue weighted by atomic mass is 32.1. The van der Waals surface area contributed by atoms with Crippen LogP contribution in [0.15, 0.2) is 70.8 Å². The second-order valence-corrected chi connectivity index (χ2v) is 10.0. The molecule has 5 rings (SSSR count). The number of ketones is 1. The van der Waals surface area contributed by atoms with Crippen molar-refractivity contribution in [3.05, 3.63) is 104 Å². The van der Waals surface area contributed by atoms with Gasteiger partial charge in [0.1, 0.15) is 17.2 Å². The van der Waals surface area contributed by atoms with Gasteiger partial charge in [0, 0.05) is 22.2 Å². The molecule has 5 aromatic rings. The van der Waals surface area contributed by atoms with Gasteiger partial charge < -0.3 is 14.8 Å². The zero-order valence-electron chi connectivity index (χ0n) is 22.3. The number of aromatic nitrogens is 3. The summed E-state index contributed by atoms with van der Waals surface area (Å²) in [6.07, 6.45) is -0.281. The van der Waals surface area contributed by atoms with Gasteiger partial charge in [0.15, 0.2) is 5.78 Å². The van der Waals surface area contributed by atoms with E-state index in [1.165, 1.54) is 30.6 Å². The second-order valence-electron chi connectivity index (χ2n) is 9.20. The second kappa shape index (κ2) is 11.1. The molecule has 0 aliphatic rings. The Bertz CT molecular complexity index is 1810.